The lowest BCUT2D eigenvalue weighted by Crippen LogP contribution is -2.33. The summed E-state index contributed by atoms with van der Waals surface area (Å²) in [5, 5.41) is 8.41. The van der Waals surface area contributed by atoms with Crippen LogP contribution >= 0.6 is 0 Å². The molecule has 1 rings (SSSR count). The summed E-state index contributed by atoms with van der Waals surface area (Å²) in [5.74, 6) is -0.0270. The molecule has 1 amide bonds. The van der Waals surface area contributed by atoms with Crippen molar-refractivity contribution in [3.8, 4) is 6.07 Å². The fraction of sp³-hybridized carbons (Fsp3) is 0.833. The molecule has 0 aromatic heterocycles. The summed E-state index contributed by atoms with van der Waals surface area (Å²) < 4.78 is 5.57. The monoisotopic (exact) mass is 224 g/mol. The van der Waals surface area contributed by atoms with E-state index in [1.54, 1.807) is 11.9 Å². The smallest absolute Gasteiger partial charge is 0.248 e. The Labute approximate surface area is 97.2 Å². The first-order valence-corrected chi connectivity index (χ1v) is 5.96. The fourth-order valence-corrected chi connectivity index (χ4v) is 1.87. The zero-order valence-corrected chi connectivity index (χ0v) is 9.95. The van der Waals surface area contributed by atoms with Gasteiger partial charge in [0.05, 0.1) is 18.6 Å². The number of amides is 1. The Morgan fingerprint density at radius 2 is 2.12 bits per heavy atom. The summed E-state index contributed by atoms with van der Waals surface area (Å²) in [6.45, 7) is 0.649. The van der Waals surface area contributed by atoms with Crippen LogP contribution in [0.3, 0.4) is 0 Å². The average molecular weight is 224 g/mol. The number of rotatable bonds is 5. The van der Waals surface area contributed by atoms with Crippen molar-refractivity contribution in [2.75, 3.05) is 20.2 Å². The van der Waals surface area contributed by atoms with Crippen LogP contribution in [0.15, 0.2) is 0 Å². The molecular weight excluding hydrogens is 204 g/mol. The van der Waals surface area contributed by atoms with Crippen LogP contribution in [0, 0.1) is 11.3 Å². The normalized spacial score (nSPS) is 16.8. The van der Waals surface area contributed by atoms with Gasteiger partial charge in [-0.15, -0.1) is 0 Å². The van der Waals surface area contributed by atoms with E-state index < -0.39 is 0 Å². The number of hydrogen-bond donors (Lipinski definition) is 0. The maximum absolute atomic E-state index is 11.6. The maximum atomic E-state index is 11.6. The van der Waals surface area contributed by atoms with Crippen LogP contribution in [-0.2, 0) is 9.53 Å². The summed E-state index contributed by atoms with van der Waals surface area (Å²) in [6.07, 6.45) is 6.51. The molecule has 4 nitrogen and oxygen atoms in total. The minimum absolute atomic E-state index is 0.0270. The van der Waals surface area contributed by atoms with Gasteiger partial charge in [0, 0.05) is 13.6 Å². The van der Waals surface area contributed by atoms with Gasteiger partial charge in [-0.3, -0.25) is 4.79 Å². The molecule has 0 bridgehead atoms. The first-order valence-electron chi connectivity index (χ1n) is 5.96. The van der Waals surface area contributed by atoms with Crippen LogP contribution in [0.2, 0.25) is 0 Å². The van der Waals surface area contributed by atoms with E-state index in [1.165, 1.54) is 19.3 Å². The lowest BCUT2D eigenvalue weighted by atomic mass is 9.98. The zero-order valence-electron chi connectivity index (χ0n) is 9.95. The summed E-state index contributed by atoms with van der Waals surface area (Å²) in [4.78, 5) is 13.1. The van der Waals surface area contributed by atoms with E-state index in [2.05, 4.69) is 0 Å². The van der Waals surface area contributed by atoms with Crippen LogP contribution < -0.4 is 0 Å². The van der Waals surface area contributed by atoms with Gasteiger partial charge < -0.3 is 9.64 Å². The first-order chi connectivity index (χ1) is 7.74. The number of carbonyl (C=O) groups is 1. The van der Waals surface area contributed by atoms with Gasteiger partial charge in [-0.25, -0.2) is 0 Å². The third kappa shape index (κ3) is 4.63. The molecule has 4 heteroatoms. The molecule has 1 aliphatic carbocycles. The van der Waals surface area contributed by atoms with Crippen molar-refractivity contribution in [3.63, 3.8) is 0 Å². The molecule has 1 saturated carbocycles. The van der Waals surface area contributed by atoms with Gasteiger partial charge >= 0.3 is 0 Å². The van der Waals surface area contributed by atoms with Crippen molar-refractivity contribution in [2.45, 2.75) is 44.6 Å². The van der Waals surface area contributed by atoms with E-state index >= 15 is 0 Å². The van der Waals surface area contributed by atoms with Crippen LogP contribution in [-0.4, -0.2) is 37.1 Å². The molecular formula is C12H20N2O2. The zero-order chi connectivity index (χ0) is 11.8. The Morgan fingerprint density at radius 1 is 1.44 bits per heavy atom. The van der Waals surface area contributed by atoms with Crippen LogP contribution in [0.5, 0.6) is 0 Å². The molecule has 0 radical (unpaired) electrons. The van der Waals surface area contributed by atoms with Gasteiger partial charge in [0.1, 0.15) is 6.61 Å². The third-order valence-corrected chi connectivity index (χ3v) is 2.98. The molecule has 1 aliphatic rings. The fourth-order valence-electron chi connectivity index (χ4n) is 1.87. The minimum atomic E-state index is -0.0270. The highest BCUT2D eigenvalue weighted by Crippen LogP contribution is 2.20. The quantitative estimate of drug-likeness (QED) is 0.714. The Bertz CT molecular complexity index is 254. The number of carbonyl (C=O) groups excluding carboxylic acids is 1. The Morgan fingerprint density at radius 3 is 2.75 bits per heavy atom. The molecule has 90 valence electrons. The SMILES string of the molecule is CN(CCC#N)C(=O)COC1CCCCC1. The summed E-state index contributed by atoms with van der Waals surface area (Å²) in [5.41, 5.74) is 0. The van der Waals surface area contributed by atoms with Gasteiger partial charge in [0.25, 0.3) is 0 Å². The topological polar surface area (TPSA) is 53.3 Å². The molecule has 0 spiro atoms. The largest absolute Gasteiger partial charge is 0.368 e. The maximum Gasteiger partial charge on any atom is 0.248 e. The van der Waals surface area contributed by atoms with Crippen molar-refractivity contribution in [1.82, 2.24) is 4.90 Å². The van der Waals surface area contributed by atoms with E-state index in [4.69, 9.17) is 10.00 Å². The second-order valence-corrected chi connectivity index (χ2v) is 4.29. The van der Waals surface area contributed by atoms with E-state index in [9.17, 15) is 4.79 Å². The van der Waals surface area contributed by atoms with Crippen LogP contribution in [0.4, 0.5) is 0 Å². The number of nitriles is 1. The molecule has 0 N–H and O–H groups in total. The predicted octanol–water partition coefficient (Wildman–Crippen LogP) is 1.71. The third-order valence-electron chi connectivity index (χ3n) is 2.98. The second-order valence-electron chi connectivity index (χ2n) is 4.29. The van der Waals surface area contributed by atoms with Crippen LogP contribution in [0.25, 0.3) is 0 Å². The second kappa shape index (κ2) is 7.24. The molecule has 0 aromatic rings. The molecule has 0 aliphatic heterocycles. The van der Waals surface area contributed by atoms with Crippen molar-refractivity contribution in [2.24, 2.45) is 0 Å². The van der Waals surface area contributed by atoms with E-state index in [0.717, 1.165) is 12.8 Å². The van der Waals surface area contributed by atoms with Crippen LogP contribution in [0.1, 0.15) is 38.5 Å². The highest BCUT2D eigenvalue weighted by Gasteiger charge is 2.16. The van der Waals surface area contributed by atoms with Crippen molar-refractivity contribution < 1.29 is 9.53 Å². The van der Waals surface area contributed by atoms with Gasteiger partial charge in [-0.2, -0.15) is 5.26 Å². The molecule has 0 unspecified atom stereocenters. The number of hydrogen-bond acceptors (Lipinski definition) is 3. The lowest BCUT2D eigenvalue weighted by molar-refractivity contribution is -0.137. The van der Waals surface area contributed by atoms with Crippen molar-refractivity contribution >= 4 is 5.91 Å². The summed E-state index contributed by atoms with van der Waals surface area (Å²) in [7, 11) is 1.71. The Balaban J connectivity index is 2.15. The molecule has 0 heterocycles. The Kier molecular flexibility index (Phi) is 5.87. The van der Waals surface area contributed by atoms with E-state index in [1.807, 2.05) is 6.07 Å². The van der Waals surface area contributed by atoms with Gasteiger partial charge in [-0.05, 0) is 12.8 Å². The molecule has 0 atom stereocenters. The molecule has 0 saturated heterocycles. The van der Waals surface area contributed by atoms with Gasteiger partial charge in [0.2, 0.25) is 5.91 Å². The van der Waals surface area contributed by atoms with Crippen molar-refractivity contribution in [1.29, 1.82) is 5.26 Å². The summed E-state index contributed by atoms with van der Waals surface area (Å²) >= 11 is 0. The number of likely N-dealkylation sites (N-methyl/N-ethyl adjacent to an activating group) is 1. The Hall–Kier alpha value is -1.08. The van der Waals surface area contributed by atoms with Gasteiger partial charge in [0.15, 0.2) is 0 Å². The average Bonchev–Trinajstić information content (AvgIpc) is 2.34. The highest BCUT2D eigenvalue weighted by molar-refractivity contribution is 5.77. The first kappa shape index (κ1) is 13.0. The predicted molar refractivity (Wildman–Crippen MR) is 60.7 cm³/mol. The summed E-state index contributed by atoms with van der Waals surface area (Å²) in [6, 6.07) is 2.02. The molecule has 16 heavy (non-hydrogen) atoms. The molecule has 1 fully saturated rings. The van der Waals surface area contributed by atoms with Crippen molar-refractivity contribution in [3.05, 3.63) is 0 Å². The number of ether oxygens (including phenoxy) is 1. The standard InChI is InChI=1S/C12H20N2O2/c1-14(9-5-8-13)12(15)10-16-11-6-3-2-4-7-11/h11H,2-7,9-10H2,1H3. The lowest BCUT2D eigenvalue weighted by Gasteiger charge is -2.23. The van der Waals surface area contributed by atoms with E-state index in [0.29, 0.717) is 13.0 Å². The molecule has 0 aromatic carbocycles. The van der Waals surface area contributed by atoms with E-state index in [-0.39, 0.29) is 18.6 Å². The highest BCUT2D eigenvalue weighted by atomic mass is 16.5. The minimum Gasteiger partial charge on any atom is -0.368 e. The van der Waals surface area contributed by atoms with Gasteiger partial charge in [-0.1, -0.05) is 19.3 Å². The number of nitrogens with zero attached hydrogens (tertiary/aromatic N) is 2.